The van der Waals surface area contributed by atoms with Crippen molar-refractivity contribution in [2.75, 3.05) is 26.4 Å². The minimum absolute atomic E-state index is 0.0927. The molecule has 1 aliphatic rings. The predicted octanol–water partition coefficient (Wildman–Crippen LogP) is 1.74. The summed E-state index contributed by atoms with van der Waals surface area (Å²) in [7, 11) is 0. The third-order valence-electron chi connectivity index (χ3n) is 4.05. The molecule has 3 rings (SSSR count). The van der Waals surface area contributed by atoms with Gasteiger partial charge in [-0.05, 0) is 30.2 Å². The van der Waals surface area contributed by atoms with E-state index in [0.29, 0.717) is 6.61 Å². The number of morpholine rings is 1. The van der Waals surface area contributed by atoms with Gasteiger partial charge in [0.25, 0.3) is 0 Å². The van der Waals surface area contributed by atoms with Crippen molar-refractivity contribution < 1.29 is 9.84 Å². The summed E-state index contributed by atoms with van der Waals surface area (Å²) in [5.41, 5.74) is 3.60. The van der Waals surface area contributed by atoms with Crippen LogP contribution in [0.4, 0.5) is 0 Å². The molecule has 0 saturated carbocycles. The Morgan fingerprint density at radius 1 is 1.40 bits per heavy atom. The van der Waals surface area contributed by atoms with Crippen molar-refractivity contribution in [3.8, 4) is 0 Å². The fourth-order valence-corrected chi connectivity index (χ4v) is 2.80. The van der Waals surface area contributed by atoms with E-state index >= 15 is 0 Å². The molecule has 1 N–H and O–H groups in total. The number of aryl methyl sites for hydroxylation is 1. The number of pyridine rings is 1. The minimum Gasteiger partial charge on any atom is -0.395 e. The number of nitrogens with zero attached hydrogens (tertiary/aromatic N) is 2. The van der Waals surface area contributed by atoms with Gasteiger partial charge in [-0.3, -0.25) is 9.88 Å². The van der Waals surface area contributed by atoms with Gasteiger partial charge in [0.2, 0.25) is 0 Å². The lowest BCUT2D eigenvalue weighted by atomic mass is 10.0. The molecule has 4 heteroatoms. The van der Waals surface area contributed by atoms with Gasteiger partial charge in [-0.1, -0.05) is 12.1 Å². The van der Waals surface area contributed by atoms with Crippen LogP contribution in [0.3, 0.4) is 0 Å². The molecular weight excluding hydrogens is 252 g/mol. The monoisotopic (exact) mass is 272 g/mol. The van der Waals surface area contributed by atoms with Crippen molar-refractivity contribution >= 4 is 10.9 Å². The van der Waals surface area contributed by atoms with Crippen LogP contribution in [-0.2, 0) is 11.3 Å². The second-order valence-electron chi connectivity index (χ2n) is 5.31. The van der Waals surface area contributed by atoms with E-state index in [2.05, 4.69) is 35.0 Å². The smallest absolute Gasteiger partial charge is 0.0705 e. The largest absolute Gasteiger partial charge is 0.395 e. The topological polar surface area (TPSA) is 45.6 Å². The highest BCUT2D eigenvalue weighted by Gasteiger charge is 2.23. The first-order valence-corrected chi connectivity index (χ1v) is 7.05. The second-order valence-corrected chi connectivity index (χ2v) is 5.31. The first-order valence-electron chi connectivity index (χ1n) is 7.05. The summed E-state index contributed by atoms with van der Waals surface area (Å²) < 4.78 is 5.44. The van der Waals surface area contributed by atoms with Crippen LogP contribution in [0.15, 0.2) is 30.5 Å². The minimum atomic E-state index is 0.0927. The molecule has 0 bridgehead atoms. The van der Waals surface area contributed by atoms with Gasteiger partial charge < -0.3 is 9.84 Å². The van der Waals surface area contributed by atoms with Crippen LogP contribution < -0.4 is 0 Å². The Balaban J connectivity index is 1.95. The molecule has 106 valence electrons. The van der Waals surface area contributed by atoms with Crippen molar-refractivity contribution in [3.05, 3.63) is 41.6 Å². The molecule has 0 spiro atoms. The number of ether oxygens (including phenoxy) is 1. The summed E-state index contributed by atoms with van der Waals surface area (Å²) in [4.78, 5) is 6.73. The van der Waals surface area contributed by atoms with Crippen molar-refractivity contribution in [3.63, 3.8) is 0 Å². The quantitative estimate of drug-likeness (QED) is 0.924. The molecule has 4 nitrogen and oxygen atoms in total. The number of hydrogen-bond acceptors (Lipinski definition) is 4. The Kier molecular flexibility index (Phi) is 3.96. The Labute approximate surface area is 119 Å². The zero-order valence-electron chi connectivity index (χ0n) is 11.7. The highest BCUT2D eigenvalue weighted by atomic mass is 16.5. The molecule has 1 aliphatic heterocycles. The molecule has 0 aliphatic carbocycles. The standard InChI is InChI=1S/C16H20N2O2/c1-12-4-5-16-14(3-2-6-17-16)15(12)9-18-7-8-20-11-13(18)10-19/h2-6,13,19H,7-11H2,1H3/t13-/m0/s1. The third kappa shape index (κ3) is 2.54. The molecule has 1 saturated heterocycles. The number of fused-ring (bicyclic) bond motifs is 1. The lowest BCUT2D eigenvalue weighted by molar-refractivity contribution is -0.0311. The summed E-state index contributed by atoms with van der Waals surface area (Å²) in [5, 5.41) is 10.7. The lowest BCUT2D eigenvalue weighted by Crippen LogP contribution is -2.46. The number of hydrogen-bond donors (Lipinski definition) is 1. The molecule has 1 fully saturated rings. The molecule has 2 heterocycles. The summed E-state index contributed by atoms with van der Waals surface area (Å²) in [6.45, 7) is 5.32. The van der Waals surface area contributed by atoms with Gasteiger partial charge in [-0.2, -0.15) is 0 Å². The fraction of sp³-hybridized carbons (Fsp3) is 0.438. The average Bonchev–Trinajstić information content (AvgIpc) is 2.50. The maximum atomic E-state index is 9.49. The molecule has 0 amide bonds. The zero-order chi connectivity index (χ0) is 13.9. The molecule has 1 aromatic heterocycles. The lowest BCUT2D eigenvalue weighted by Gasteiger charge is -2.35. The maximum absolute atomic E-state index is 9.49. The second kappa shape index (κ2) is 5.87. The van der Waals surface area contributed by atoms with Crippen LogP contribution >= 0.6 is 0 Å². The van der Waals surface area contributed by atoms with Gasteiger partial charge in [0.1, 0.15) is 0 Å². The van der Waals surface area contributed by atoms with E-state index in [1.165, 1.54) is 16.5 Å². The van der Waals surface area contributed by atoms with E-state index in [-0.39, 0.29) is 12.6 Å². The average molecular weight is 272 g/mol. The first kappa shape index (κ1) is 13.5. The summed E-state index contributed by atoms with van der Waals surface area (Å²) in [6, 6.07) is 8.39. The van der Waals surface area contributed by atoms with Gasteiger partial charge in [0.05, 0.1) is 31.4 Å². The van der Waals surface area contributed by atoms with Gasteiger partial charge >= 0.3 is 0 Å². The summed E-state index contributed by atoms with van der Waals surface area (Å²) in [6.07, 6.45) is 1.83. The van der Waals surface area contributed by atoms with E-state index in [4.69, 9.17) is 4.74 Å². The number of benzene rings is 1. The van der Waals surface area contributed by atoms with Gasteiger partial charge in [-0.25, -0.2) is 0 Å². The third-order valence-corrected chi connectivity index (χ3v) is 4.05. The van der Waals surface area contributed by atoms with Crippen LogP contribution in [0.1, 0.15) is 11.1 Å². The van der Waals surface area contributed by atoms with E-state index < -0.39 is 0 Å². The molecule has 0 radical (unpaired) electrons. The predicted molar refractivity (Wildman–Crippen MR) is 78.6 cm³/mol. The maximum Gasteiger partial charge on any atom is 0.0705 e. The van der Waals surface area contributed by atoms with E-state index in [9.17, 15) is 5.11 Å². The van der Waals surface area contributed by atoms with Crippen molar-refractivity contribution in [2.45, 2.75) is 19.5 Å². The molecule has 20 heavy (non-hydrogen) atoms. The van der Waals surface area contributed by atoms with E-state index in [0.717, 1.165) is 25.2 Å². The molecule has 0 unspecified atom stereocenters. The van der Waals surface area contributed by atoms with Crippen LogP contribution in [0.2, 0.25) is 0 Å². The van der Waals surface area contributed by atoms with E-state index in [1.807, 2.05) is 12.3 Å². The number of aromatic nitrogens is 1. The van der Waals surface area contributed by atoms with Crippen molar-refractivity contribution in [1.29, 1.82) is 0 Å². The zero-order valence-corrected chi connectivity index (χ0v) is 11.7. The Morgan fingerprint density at radius 3 is 3.15 bits per heavy atom. The highest BCUT2D eigenvalue weighted by Crippen LogP contribution is 2.23. The summed E-state index contributed by atoms with van der Waals surface area (Å²) >= 11 is 0. The van der Waals surface area contributed by atoms with E-state index in [1.54, 1.807) is 0 Å². The van der Waals surface area contributed by atoms with Gasteiger partial charge in [0.15, 0.2) is 0 Å². The SMILES string of the molecule is Cc1ccc2ncccc2c1CN1CCOC[C@@H]1CO. The fourth-order valence-electron chi connectivity index (χ4n) is 2.80. The molecule has 2 aromatic rings. The Hall–Kier alpha value is -1.49. The van der Waals surface area contributed by atoms with Gasteiger partial charge in [-0.15, -0.1) is 0 Å². The number of rotatable bonds is 3. The molecular formula is C16H20N2O2. The highest BCUT2D eigenvalue weighted by molar-refractivity contribution is 5.83. The van der Waals surface area contributed by atoms with Crippen molar-refractivity contribution in [1.82, 2.24) is 9.88 Å². The molecule has 1 atom stereocenters. The van der Waals surface area contributed by atoms with Crippen LogP contribution in [0, 0.1) is 6.92 Å². The Bertz CT molecular complexity index is 600. The number of aliphatic hydroxyl groups excluding tert-OH is 1. The first-order chi connectivity index (χ1) is 9.79. The Morgan fingerprint density at radius 2 is 2.30 bits per heavy atom. The van der Waals surface area contributed by atoms with Crippen LogP contribution in [0.5, 0.6) is 0 Å². The van der Waals surface area contributed by atoms with Crippen LogP contribution in [0.25, 0.3) is 10.9 Å². The van der Waals surface area contributed by atoms with Crippen LogP contribution in [-0.4, -0.2) is 47.4 Å². The van der Waals surface area contributed by atoms with Crippen molar-refractivity contribution in [2.24, 2.45) is 0 Å². The number of aliphatic hydroxyl groups is 1. The van der Waals surface area contributed by atoms with Gasteiger partial charge in [0, 0.05) is 24.7 Å². The molecule has 1 aromatic carbocycles. The summed E-state index contributed by atoms with van der Waals surface area (Å²) in [5.74, 6) is 0. The normalized spacial score (nSPS) is 20.4.